The minimum Gasteiger partial charge on any atom is -0.234 e. The summed E-state index contributed by atoms with van der Waals surface area (Å²) >= 11 is 1.89. The van der Waals surface area contributed by atoms with Gasteiger partial charge in [-0.2, -0.15) is 0 Å². The molecule has 0 bridgehead atoms. The van der Waals surface area contributed by atoms with Crippen LogP contribution in [0.25, 0.3) is 0 Å². The van der Waals surface area contributed by atoms with Crippen LogP contribution in [-0.2, 0) is 5.75 Å². The number of hydrogen-bond acceptors (Lipinski definition) is 4. The molecule has 2 aliphatic rings. The fourth-order valence-corrected chi connectivity index (χ4v) is 6.39. The fourth-order valence-electron chi connectivity index (χ4n) is 2.33. The molecule has 1 aromatic rings. The van der Waals surface area contributed by atoms with Crippen LogP contribution in [-0.4, -0.2) is 9.63 Å². The second-order valence-electron chi connectivity index (χ2n) is 4.73. The van der Waals surface area contributed by atoms with Crippen LogP contribution < -0.4 is 0 Å². The summed E-state index contributed by atoms with van der Waals surface area (Å²) in [5.74, 6) is 1.08. The predicted octanol–water partition coefficient (Wildman–Crippen LogP) is 5.64. The molecule has 0 N–H and O–H groups in total. The zero-order chi connectivity index (χ0) is 12.2. The maximum absolute atomic E-state index is 4.75. The molecule has 96 valence electrons. The van der Waals surface area contributed by atoms with Crippen molar-refractivity contribution in [3.05, 3.63) is 29.8 Å². The normalized spacial score (nSPS) is 20.3. The van der Waals surface area contributed by atoms with E-state index in [1.165, 1.54) is 47.7 Å². The first-order valence-electron chi connectivity index (χ1n) is 6.54. The zero-order valence-corrected chi connectivity index (χ0v) is 12.8. The Morgan fingerprint density at radius 3 is 2.83 bits per heavy atom. The van der Waals surface area contributed by atoms with Gasteiger partial charge < -0.3 is 0 Å². The van der Waals surface area contributed by atoms with Gasteiger partial charge in [0.15, 0.2) is 0 Å². The average molecular weight is 295 g/mol. The lowest BCUT2D eigenvalue weighted by Crippen LogP contribution is -2.07. The summed E-state index contributed by atoms with van der Waals surface area (Å²) in [6.07, 6.45) is 7.06. The summed E-state index contributed by atoms with van der Waals surface area (Å²) in [6, 6.07) is 8.49. The second-order valence-corrected chi connectivity index (χ2v) is 8.45. The van der Waals surface area contributed by atoms with E-state index in [4.69, 9.17) is 4.99 Å². The molecule has 3 rings (SSSR count). The Hall–Kier alpha value is -0.0600. The summed E-state index contributed by atoms with van der Waals surface area (Å²) in [7, 11) is 3.94. The summed E-state index contributed by atoms with van der Waals surface area (Å²) in [6.45, 7) is 0. The van der Waals surface area contributed by atoms with Crippen molar-refractivity contribution in [2.45, 2.75) is 43.1 Å². The Morgan fingerprint density at radius 2 is 1.94 bits per heavy atom. The van der Waals surface area contributed by atoms with E-state index >= 15 is 0 Å². The van der Waals surface area contributed by atoms with Gasteiger partial charge >= 0.3 is 0 Å². The average Bonchev–Trinajstić information content (AvgIpc) is 2.46. The molecule has 0 radical (unpaired) electrons. The Morgan fingerprint density at radius 1 is 1.11 bits per heavy atom. The van der Waals surface area contributed by atoms with E-state index < -0.39 is 0 Å². The number of para-hydroxylation sites is 1. The molecule has 1 aliphatic carbocycles. The molecule has 1 nitrogen and oxygen atoms in total. The minimum atomic E-state index is 0.851. The molecule has 18 heavy (non-hydrogen) atoms. The molecular weight excluding hydrogens is 278 g/mol. The van der Waals surface area contributed by atoms with Gasteiger partial charge in [-0.1, -0.05) is 60.0 Å². The van der Waals surface area contributed by atoms with Gasteiger partial charge in [-0.25, -0.2) is 4.99 Å². The highest BCUT2D eigenvalue weighted by atomic mass is 33.1. The van der Waals surface area contributed by atoms with Crippen LogP contribution >= 0.6 is 33.3 Å². The van der Waals surface area contributed by atoms with Gasteiger partial charge in [0.1, 0.15) is 4.38 Å². The topological polar surface area (TPSA) is 12.4 Å². The van der Waals surface area contributed by atoms with E-state index in [2.05, 4.69) is 24.3 Å². The van der Waals surface area contributed by atoms with Crippen LogP contribution in [0.2, 0.25) is 0 Å². The van der Waals surface area contributed by atoms with Crippen LogP contribution in [0, 0.1) is 0 Å². The molecule has 4 heteroatoms. The SMILES string of the molecule is c1ccc2c(c1)CSC(SSC1CCCCC1)=N2. The van der Waals surface area contributed by atoms with Gasteiger partial charge in [0.2, 0.25) is 0 Å². The molecule has 0 spiro atoms. The largest absolute Gasteiger partial charge is 0.234 e. The van der Waals surface area contributed by atoms with E-state index in [-0.39, 0.29) is 0 Å². The Labute approximate surface area is 121 Å². The van der Waals surface area contributed by atoms with Crippen LogP contribution in [0.15, 0.2) is 29.3 Å². The number of aliphatic imine (C=N–C) groups is 1. The third-order valence-electron chi connectivity index (χ3n) is 3.36. The quantitative estimate of drug-likeness (QED) is 0.655. The summed E-state index contributed by atoms with van der Waals surface area (Å²) in [5.41, 5.74) is 2.54. The first-order chi connectivity index (χ1) is 8.92. The van der Waals surface area contributed by atoms with Crippen molar-refractivity contribution in [3.8, 4) is 0 Å². The lowest BCUT2D eigenvalue weighted by molar-refractivity contribution is 0.517. The molecule has 1 aromatic carbocycles. The highest BCUT2D eigenvalue weighted by molar-refractivity contribution is 8.86. The predicted molar refractivity (Wildman–Crippen MR) is 86.9 cm³/mol. The van der Waals surface area contributed by atoms with Crippen molar-refractivity contribution in [2.75, 3.05) is 0 Å². The standard InChI is InChI=1S/C14H17NS3/c1-2-7-12(8-3-1)17-18-14-15-13-9-5-4-6-11(13)10-16-14/h4-6,9,12H,1-3,7-8,10H2. The van der Waals surface area contributed by atoms with Crippen molar-refractivity contribution >= 4 is 43.4 Å². The number of rotatable bonds is 2. The van der Waals surface area contributed by atoms with Gasteiger partial charge in [-0.15, -0.1) is 0 Å². The number of benzene rings is 1. The smallest absolute Gasteiger partial charge is 0.141 e. The maximum atomic E-state index is 4.75. The van der Waals surface area contributed by atoms with E-state index in [0.717, 1.165) is 11.0 Å². The molecule has 0 amide bonds. The van der Waals surface area contributed by atoms with E-state index in [1.54, 1.807) is 0 Å². The Balaban J connectivity index is 1.59. The monoisotopic (exact) mass is 295 g/mol. The van der Waals surface area contributed by atoms with Crippen molar-refractivity contribution in [3.63, 3.8) is 0 Å². The highest BCUT2D eigenvalue weighted by Gasteiger charge is 2.18. The van der Waals surface area contributed by atoms with Crippen molar-refractivity contribution in [1.82, 2.24) is 0 Å². The van der Waals surface area contributed by atoms with Crippen LogP contribution in [0.4, 0.5) is 5.69 Å². The summed E-state index contributed by atoms with van der Waals surface area (Å²) in [4.78, 5) is 4.75. The van der Waals surface area contributed by atoms with Crippen LogP contribution in [0.5, 0.6) is 0 Å². The van der Waals surface area contributed by atoms with Crippen LogP contribution in [0.3, 0.4) is 0 Å². The van der Waals surface area contributed by atoms with Crippen molar-refractivity contribution < 1.29 is 0 Å². The zero-order valence-electron chi connectivity index (χ0n) is 10.3. The number of thioether (sulfide) groups is 1. The fraction of sp³-hybridized carbons (Fsp3) is 0.500. The van der Waals surface area contributed by atoms with E-state index in [9.17, 15) is 0 Å². The Bertz CT molecular complexity index is 438. The molecular formula is C14H17NS3. The van der Waals surface area contributed by atoms with Gasteiger partial charge in [-0.3, -0.25) is 0 Å². The Kier molecular flexibility index (Phi) is 4.60. The molecule has 0 unspecified atom stereocenters. The first kappa shape index (κ1) is 12.9. The minimum absolute atomic E-state index is 0.851. The van der Waals surface area contributed by atoms with Gasteiger partial charge in [0.05, 0.1) is 5.69 Å². The molecule has 1 heterocycles. The molecule has 1 aliphatic heterocycles. The van der Waals surface area contributed by atoms with Gasteiger partial charge in [0, 0.05) is 11.0 Å². The van der Waals surface area contributed by atoms with Crippen molar-refractivity contribution in [1.29, 1.82) is 0 Å². The molecule has 0 atom stereocenters. The lowest BCUT2D eigenvalue weighted by Gasteiger charge is -2.21. The number of hydrogen-bond donors (Lipinski definition) is 0. The molecule has 1 fully saturated rings. The summed E-state index contributed by atoms with van der Waals surface area (Å²) in [5, 5.41) is 0.851. The molecule has 0 aromatic heterocycles. The van der Waals surface area contributed by atoms with E-state index in [1.807, 2.05) is 33.3 Å². The van der Waals surface area contributed by atoms with E-state index in [0.29, 0.717) is 0 Å². The highest BCUT2D eigenvalue weighted by Crippen LogP contribution is 2.42. The summed E-state index contributed by atoms with van der Waals surface area (Å²) < 4.78 is 1.24. The second kappa shape index (κ2) is 6.40. The van der Waals surface area contributed by atoms with Crippen LogP contribution in [0.1, 0.15) is 37.7 Å². The lowest BCUT2D eigenvalue weighted by atomic mass is 10.0. The third-order valence-corrected chi connectivity index (χ3v) is 7.73. The van der Waals surface area contributed by atoms with Gasteiger partial charge in [-0.05, 0) is 35.3 Å². The first-order valence-corrected chi connectivity index (χ1v) is 9.74. The molecule has 1 saturated carbocycles. The van der Waals surface area contributed by atoms with Gasteiger partial charge in [0.25, 0.3) is 0 Å². The van der Waals surface area contributed by atoms with Crippen molar-refractivity contribution in [2.24, 2.45) is 4.99 Å². The maximum Gasteiger partial charge on any atom is 0.141 e. The number of nitrogens with zero attached hydrogens (tertiary/aromatic N) is 1. The third kappa shape index (κ3) is 3.28. The molecule has 0 saturated heterocycles. The number of fused-ring (bicyclic) bond motifs is 1.